The quantitative estimate of drug-likeness (QED) is 0.858. The van der Waals surface area contributed by atoms with E-state index >= 15 is 0 Å². The number of amides is 1. The lowest BCUT2D eigenvalue weighted by Crippen LogP contribution is -2.43. The van der Waals surface area contributed by atoms with Crippen LogP contribution in [0.5, 0.6) is 0 Å². The molecule has 1 amide bonds. The van der Waals surface area contributed by atoms with E-state index in [1.807, 2.05) is 30.4 Å². The van der Waals surface area contributed by atoms with E-state index in [9.17, 15) is 4.79 Å². The van der Waals surface area contributed by atoms with Gasteiger partial charge in [0.25, 0.3) is 0 Å². The molecule has 1 unspecified atom stereocenters. The third-order valence-electron chi connectivity index (χ3n) is 4.44. The molecule has 1 aliphatic heterocycles. The van der Waals surface area contributed by atoms with Crippen LogP contribution in [0, 0.1) is 19.8 Å². The average Bonchev–Trinajstić information content (AvgIpc) is 2.70. The van der Waals surface area contributed by atoms with Crippen LogP contribution in [0.1, 0.15) is 37.2 Å². The van der Waals surface area contributed by atoms with Gasteiger partial charge in [0.15, 0.2) is 0 Å². The maximum absolute atomic E-state index is 12.5. The molecule has 1 saturated heterocycles. The minimum Gasteiger partial charge on any atom is -0.341 e. The Morgan fingerprint density at radius 1 is 1.43 bits per heavy atom. The Balaban J connectivity index is 1.92. The van der Waals surface area contributed by atoms with Crippen LogP contribution in [0.25, 0.3) is 0 Å². The first-order valence-corrected chi connectivity index (χ1v) is 8.83. The molecule has 5 heteroatoms. The molecule has 0 bridgehead atoms. The van der Waals surface area contributed by atoms with Gasteiger partial charge in [0, 0.05) is 43.3 Å². The van der Waals surface area contributed by atoms with Crippen LogP contribution >= 0.6 is 11.8 Å². The van der Waals surface area contributed by atoms with Gasteiger partial charge in [-0.05, 0) is 31.7 Å². The SMILES string of the molecule is Cc1nn(C)c(C)c1CCC(=O)N1CCSC(C(C)C)C1. The summed E-state index contributed by atoms with van der Waals surface area (Å²) in [6.45, 7) is 10.4. The molecule has 0 aliphatic carbocycles. The Bertz CT molecular complexity index is 510. The van der Waals surface area contributed by atoms with E-state index in [0.29, 0.717) is 23.5 Å². The summed E-state index contributed by atoms with van der Waals surface area (Å²) in [5, 5.41) is 5.01. The van der Waals surface area contributed by atoms with Crippen molar-refractivity contribution in [2.24, 2.45) is 13.0 Å². The van der Waals surface area contributed by atoms with Crippen LogP contribution in [0.4, 0.5) is 0 Å². The van der Waals surface area contributed by atoms with E-state index < -0.39 is 0 Å². The second kappa shape index (κ2) is 6.86. The molecule has 1 atom stereocenters. The van der Waals surface area contributed by atoms with E-state index in [1.165, 1.54) is 11.3 Å². The minimum absolute atomic E-state index is 0.295. The minimum atomic E-state index is 0.295. The van der Waals surface area contributed by atoms with Crippen molar-refractivity contribution in [1.29, 1.82) is 0 Å². The topological polar surface area (TPSA) is 38.1 Å². The lowest BCUT2D eigenvalue weighted by Gasteiger charge is -2.34. The van der Waals surface area contributed by atoms with Crippen molar-refractivity contribution >= 4 is 17.7 Å². The highest BCUT2D eigenvalue weighted by Crippen LogP contribution is 2.25. The van der Waals surface area contributed by atoms with Gasteiger partial charge in [-0.25, -0.2) is 0 Å². The molecule has 1 aromatic heterocycles. The van der Waals surface area contributed by atoms with Crippen LogP contribution < -0.4 is 0 Å². The van der Waals surface area contributed by atoms with Gasteiger partial charge in [-0.3, -0.25) is 9.48 Å². The van der Waals surface area contributed by atoms with E-state index in [4.69, 9.17) is 0 Å². The van der Waals surface area contributed by atoms with Crippen LogP contribution in [0.2, 0.25) is 0 Å². The van der Waals surface area contributed by atoms with Crippen LogP contribution in [0.3, 0.4) is 0 Å². The van der Waals surface area contributed by atoms with E-state index in [0.717, 1.165) is 31.0 Å². The third kappa shape index (κ3) is 3.82. The Labute approximate surface area is 132 Å². The summed E-state index contributed by atoms with van der Waals surface area (Å²) < 4.78 is 1.90. The van der Waals surface area contributed by atoms with Gasteiger partial charge in [0.2, 0.25) is 5.91 Å². The Hall–Kier alpha value is -0.970. The molecular formula is C16H27N3OS. The molecule has 0 aromatic carbocycles. The summed E-state index contributed by atoms with van der Waals surface area (Å²) in [5.74, 6) is 2.00. The molecule has 0 radical (unpaired) electrons. The fourth-order valence-electron chi connectivity index (χ4n) is 2.87. The molecule has 0 spiro atoms. The largest absolute Gasteiger partial charge is 0.341 e. The van der Waals surface area contributed by atoms with Crippen LogP contribution in [-0.4, -0.2) is 44.7 Å². The first-order valence-electron chi connectivity index (χ1n) is 7.78. The summed E-state index contributed by atoms with van der Waals surface area (Å²) in [4.78, 5) is 14.5. The molecule has 1 fully saturated rings. The number of aryl methyl sites for hydroxylation is 2. The number of aromatic nitrogens is 2. The first kappa shape index (κ1) is 16.4. The van der Waals surface area contributed by atoms with Gasteiger partial charge in [-0.15, -0.1) is 0 Å². The third-order valence-corrected chi connectivity index (χ3v) is 5.98. The normalized spacial score (nSPS) is 19.3. The molecule has 0 saturated carbocycles. The van der Waals surface area contributed by atoms with Crippen molar-refractivity contribution < 1.29 is 4.79 Å². The average molecular weight is 309 g/mol. The summed E-state index contributed by atoms with van der Waals surface area (Å²) >= 11 is 2.01. The molecule has 0 N–H and O–H groups in total. The highest BCUT2D eigenvalue weighted by molar-refractivity contribution is 8.00. The number of thioether (sulfide) groups is 1. The zero-order chi connectivity index (χ0) is 15.6. The van der Waals surface area contributed by atoms with Crippen molar-refractivity contribution in [3.63, 3.8) is 0 Å². The summed E-state index contributed by atoms with van der Waals surface area (Å²) in [6, 6.07) is 0. The Morgan fingerprint density at radius 2 is 2.14 bits per heavy atom. The maximum atomic E-state index is 12.5. The number of hydrogen-bond donors (Lipinski definition) is 0. The summed E-state index contributed by atoms with van der Waals surface area (Å²) in [7, 11) is 1.96. The fraction of sp³-hybridized carbons (Fsp3) is 0.750. The van der Waals surface area contributed by atoms with E-state index in [2.05, 4.69) is 30.8 Å². The highest BCUT2D eigenvalue weighted by Gasteiger charge is 2.26. The van der Waals surface area contributed by atoms with Crippen molar-refractivity contribution in [2.45, 2.75) is 45.8 Å². The number of nitrogens with zero attached hydrogens (tertiary/aromatic N) is 3. The number of carbonyl (C=O) groups is 1. The summed E-state index contributed by atoms with van der Waals surface area (Å²) in [6.07, 6.45) is 1.41. The van der Waals surface area contributed by atoms with E-state index in [-0.39, 0.29) is 0 Å². The first-order chi connectivity index (χ1) is 9.90. The van der Waals surface area contributed by atoms with Gasteiger partial charge in [-0.1, -0.05) is 13.8 Å². The Morgan fingerprint density at radius 3 is 2.71 bits per heavy atom. The van der Waals surface area contributed by atoms with Crippen molar-refractivity contribution in [3.8, 4) is 0 Å². The predicted molar refractivity (Wildman–Crippen MR) is 88.7 cm³/mol. The number of carbonyl (C=O) groups excluding carboxylic acids is 1. The molecular weight excluding hydrogens is 282 g/mol. The highest BCUT2D eigenvalue weighted by atomic mass is 32.2. The predicted octanol–water partition coefficient (Wildman–Crippen LogP) is 2.57. The molecule has 21 heavy (non-hydrogen) atoms. The zero-order valence-corrected chi connectivity index (χ0v) is 14.7. The number of hydrogen-bond acceptors (Lipinski definition) is 3. The van der Waals surface area contributed by atoms with Crippen molar-refractivity contribution in [2.75, 3.05) is 18.8 Å². The van der Waals surface area contributed by atoms with Gasteiger partial charge in [0.1, 0.15) is 0 Å². The molecule has 2 rings (SSSR count). The van der Waals surface area contributed by atoms with Crippen molar-refractivity contribution in [1.82, 2.24) is 14.7 Å². The molecule has 1 aromatic rings. The monoisotopic (exact) mass is 309 g/mol. The maximum Gasteiger partial charge on any atom is 0.222 e. The molecule has 2 heterocycles. The second-order valence-electron chi connectivity index (χ2n) is 6.27. The second-order valence-corrected chi connectivity index (χ2v) is 7.61. The van der Waals surface area contributed by atoms with Gasteiger partial charge in [0.05, 0.1) is 5.69 Å². The van der Waals surface area contributed by atoms with E-state index in [1.54, 1.807) is 0 Å². The molecule has 4 nitrogen and oxygen atoms in total. The van der Waals surface area contributed by atoms with Crippen LogP contribution in [-0.2, 0) is 18.3 Å². The van der Waals surface area contributed by atoms with Crippen LogP contribution in [0.15, 0.2) is 0 Å². The fourth-order valence-corrected chi connectivity index (χ4v) is 4.17. The zero-order valence-electron chi connectivity index (χ0n) is 13.8. The smallest absolute Gasteiger partial charge is 0.222 e. The van der Waals surface area contributed by atoms with Gasteiger partial charge < -0.3 is 4.90 Å². The standard InChI is InChI=1S/C16H27N3OS/c1-11(2)15-10-19(8-9-21-15)16(20)7-6-14-12(3)17-18(5)13(14)4/h11,15H,6-10H2,1-5H3. The lowest BCUT2D eigenvalue weighted by molar-refractivity contribution is -0.131. The van der Waals surface area contributed by atoms with Gasteiger partial charge in [-0.2, -0.15) is 16.9 Å². The number of rotatable bonds is 4. The summed E-state index contributed by atoms with van der Waals surface area (Å²) in [5.41, 5.74) is 3.46. The lowest BCUT2D eigenvalue weighted by atomic mass is 10.1. The molecule has 1 aliphatic rings. The van der Waals surface area contributed by atoms with Crippen molar-refractivity contribution in [3.05, 3.63) is 17.0 Å². The Kier molecular flexibility index (Phi) is 5.36. The van der Waals surface area contributed by atoms with Gasteiger partial charge >= 0.3 is 0 Å². The molecule has 118 valence electrons.